The minimum atomic E-state index is 0.523. The summed E-state index contributed by atoms with van der Waals surface area (Å²) < 4.78 is 0. The minimum absolute atomic E-state index is 0.523. The summed E-state index contributed by atoms with van der Waals surface area (Å²) in [5, 5.41) is 3.61. The Hall–Kier alpha value is -0.120. The predicted molar refractivity (Wildman–Crippen MR) is 80.4 cm³/mol. The van der Waals surface area contributed by atoms with E-state index in [-0.39, 0.29) is 0 Å². The summed E-state index contributed by atoms with van der Waals surface area (Å²) in [5.41, 5.74) is 0.523. The summed E-state index contributed by atoms with van der Waals surface area (Å²) >= 11 is 0. The molecule has 0 aromatic rings. The molecule has 19 heavy (non-hydrogen) atoms. The second-order valence-corrected chi connectivity index (χ2v) is 7.51. The first-order chi connectivity index (χ1) is 9.11. The molecule has 3 saturated heterocycles. The molecular weight excluding hydrogens is 234 g/mol. The normalized spacial score (nSPS) is 41.1. The molecule has 3 unspecified atom stereocenters. The highest BCUT2D eigenvalue weighted by atomic mass is 15.3. The Morgan fingerprint density at radius 3 is 2.84 bits per heavy atom. The lowest BCUT2D eigenvalue weighted by atomic mass is 9.75. The van der Waals surface area contributed by atoms with Crippen LogP contribution >= 0.6 is 0 Å². The quantitative estimate of drug-likeness (QED) is 0.839. The van der Waals surface area contributed by atoms with E-state index in [1.54, 1.807) is 0 Å². The number of piperazine rings is 1. The molecule has 1 N–H and O–H groups in total. The third-order valence-corrected chi connectivity index (χ3v) is 6.09. The van der Waals surface area contributed by atoms with Crippen LogP contribution in [0.1, 0.15) is 40.0 Å². The van der Waals surface area contributed by atoms with E-state index in [2.05, 4.69) is 35.9 Å². The zero-order valence-electron chi connectivity index (χ0n) is 13.0. The molecule has 0 aromatic carbocycles. The van der Waals surface area contributed by atoms with Gasteiger partial charge in [-0.25, -0.2) is 0 Å². The molecule has 0 aromatic heterocycles. The van der Waals surface area contributed by atoms with Crippen molar-refractivity contribution in [3.8, 4) is 0 Å². The van der Waals surface area contributed by atoms with Gasteiger partial charge in [-0.2, -0.15) is 0 Å². The molecule has 3 aliphatic heterocycles. The average molecular weight is 265 g/mol. The summed E-state index contributed by atoms with van der Waals surface area (Å²) in [4.78, 5) is 5.54. The van der Waals surface area contributed by atoms with E-state index >= 15 is 0 Å². The third kappa shape index (κ3) is 2.57. The maximum Gasteiger partial charge on any atom is 0.0224 e. The highest BCUT2D eigenvalue weighted by molar-refractivity contribution is 4.97. The number of rotatable bonds is 3. The van der Waals surface area contributed by atoms with Crippen LogP contribution in [-0.2, 0) is 0 Å². The van der Waals surface area contributed by atoms with Gasteiger partial charge in [-0.1, -0.05) is 13.8 Å². The van der Waals surface area contributed by atoms with Crippen molar-refractivity contribution in [1.82, 2.24) is 15.1 Å². The summed E-state index contributed by atoms with van der Waals surface area (Å²) in [7, 11) is 0. The SMILES string of the molecule is CC1CN2CCCC2CN1CC1(C(C)C)CCNC1. The highest BCUT2D eigenvalue weighted by Crippen LogP contribution is 2.37. The Bertz CT molecular complexity index is 309. The standard InChI is InChI=1S/C16H31N3/c1-13(2)16(6-7-17-11-16)12-19-10-15-5-4-8-18(15)9-14(19)3/h13-15,17H,4-12H2,1-3H3. The first kappa shape index (κ1) is 13.8. The third-order valence-electron chi connectivity index (χ3n) is 6.09. The monoisotopic (exact) mass is 265 g/mol. The fourth-order valence-corrected chi connectivity index (χ4v) is 4.45. The van der Waals surface area contributed by atoms with Crippen molar-refractivity contribution >= 4 is 0 Å². The maximum atomic E-state index is 3.61. The largest absolute Gasteiger partial charge is 0.316 e. The Labute approximate surface area is 118 Å². The first-order valence-corrected chi connectivity index (χ1v) is 8.29. The van der Waals surface area contributed by atoms with Crippen LogP contribution in [0.4, 0.5) is 0 Å². The highest BCUT2D eigenvalue weighted by Gasteiger charge is 2.42. The maximum absolute atomic E-state index is 3.61. The number of hydrogen-bond acceptors (Lipinski definition) is 3. The predicted octanol–water partition coefficient (Wildman–Crippen LogP) is 1.79. The number of hydrogen-bond donors (Lipinski definition) is 1. The van der Waals surface area contributed by atoms with Gasteiger partial charge in [-0.3, -0.25) is 9.80 Å². The Kier molecular flexibility index (Phi) is 3.89. The molecule has 3 aliphatic rings. The molecule has 0 bridgehead atoms. The van der Waals surface area contributed by atoms with Gasteiger partial charge in [0.1, 0.15) is 0 Å². The van der Waals surface area contributed by atoms with Gasteiger partial charge in [-0.15, -0.1) is 0 Å². The average Bonchev–Trinajstić information content (AvgIpc) is 2.99. The second-order valence-electron chi connectivity index (χ2n) is 7.51. The van der Waals surface area contributed by atoms with Crippen molar-refractivity contribution in [2.45, 2.75) is 52.1 Å². The van der Waals surface area contributed by atoms with Gasteiger partial charge in [0.25, 0.3) is 0 Å². The first-order valence-electron chi connectivity index (χ1n) is 8.29. The van der Waals surface area contributed by atoms with E-state index < -0.39 is 0 Å². The smallest absolute Gasteiger partial charge is 0.0224 e. The molecular formula is C16H31N3. The van der Waals surface area contributed by atoms with Crippen molar-refractivity contribution in [3.63, 3.8) is 0 Å². The van der Waals surface area contributed by atoms with E-state index in [4.69, 9.17) is 0 Å². The summed E-state index contributed by atoms with van der Waals surface area (Å²) in [6.45, 7) is 15.0. The van der Waals surface area contributed by atoms with E-state index in [1.165, 1.54) is 58.5 Å². The number of nitrogens with one attached hydrogen (secondary N) is 1. The number of nitrogens with zero attached hydrogens (tertiary/aromatic N) is 2. The van der Waals surface area contributed by atoms with Crippen LogP contribution < -0.4 is 5.32 Å². The van der Waals surface area contributed by atoms with Gasteiger partial charge >= 0.3 is 0 Å². The molecule has 0 spiro atoms. The molecule has 3 nitrogen and oxygen atoms in total. The van der Waals surface area contributed by atoms with Crippen LogP contribution in [-0.4, -0.2) is 61.2 Å². The van der Waals surface area contributed by atoms with E-state index in [9.17, 15) is 0 Å². The zero-order chi connectivity index (χ0) is 13.5. The summed E-state index contributed by atoms with van der Waals surface area (Å²) in [6.07, 6.45) is 4.21. The van der Waals surface area contributed by atoms with Gasteiger partial charge < -0.3 is 5.32 Å². The van der Waals surface area contributed by atoms with Gasteiger partial charge in [0, 0.05) is 38.3 Å². The molecule has 0 radical (unpaired) electrons. The van der Waals surface area contributed by atoms with Crippen LogP contribution in [0.3, 0.4) is 0 Å². The van der Waals surface area contributed by atoms with Crippen molar-refractivity contribution < 1.29 is 0 Å². The summed E-state index contributed by atoms with van der Waals surface area (Å²) in [5.74, 6) is 0.788. The number of fused-ring (bicyclic) bond motifs is 1. The fourth-order valence-electron chi connectivity index (χ4n) is 4.45. The molecule has 3 rings (SSSR count). The van der Waals surface area contributed by atoms with E-state index in [0.29, 0.717) is 5.41 Å². The topological polar surface area (TPSA) is 18.5 Å². The van der Waals surface area contributed by atoms with Crippen LogP contribution in [0.25, 0.3) is 0 Å². The molecule has 0 amide bonds. The Morgan fingerprint density at radius 1 is 1.32 bits per heavy atom. The molecule has 3 atom stereocenters. The zero-order valence-corrected chi connectivity index (χ0v) is 13.0. The fraction of sp³-hybridized carbons (Fsp3) is 1.00. The lowest BCUT2D eigenvalue weighted by molar-refractivity contribution is 0.0169. The van der Waals surface area contributed by atoms with Crippen LogP contribution in [0, 0.1) is 11.3 Å². The van der Waals surface area contributed by atoms with E-state index in [1.807, 2.05) is 0 Å². The molecule has 0 saturated carbocycles. The summed E-state index contributed by atoms with van der Waals surface area (Å²) in [6, 6.07) is 1.60. The molecule has 3 heterocycles. The van der Waals surface area contributed by atoms with E-state index in [0.717, 1.165) is 18.0 Å². The Balaban J connectivity index is 1.68. The molecule has 110 valence electrons. The molecule has 3 heteroatoms. The molecule has 0 aliphatic carbocycles. The van der Waals surface area contributed by atoms with Gasteiger partial charge in [0.2, 0.25) is 0 Å². The van der Waals surface area contributed by atoms with Crippen molar-refractivity contribution in [2.24, 2.45) is 11.3 Å². The van der Waals surface area contributed by atoms with Crippen molar-refractivity contribution in [3.05, 3.63) is 0 Å². The lowest BCUT2D eigenvalue weighted by Gasteiger charge is -2.47. The Morgan fingerprint density at radius 2 is 2.16 bits per heavy atom. The second kappa shape index (κ2) is 5.34. The lowest BCUT2D eigenvalue weighted by Crippen LogP contribution is -2.58. The van der Waals surface area contributed by atoms with Crippen LogP contribution in [0.15, 0.2) is 0 Å². The van der Waals surface area contributed by atoms with Crippen molar-refractivity contribution in [1.29, 1.82) is 0 Å². The minimum Gasteiger partial charge on any atom is -0.316 e. The van der Waals surface area contributed by atoms with Gasteiger partial charge in [-0.05, 0) is 50.6 Å². The van der Waals surface area contributed by atoms with Crippen LogP contribution in [0.5, 0.6) is 0 Å². The van der Waals surface area contributed by atoms with Crippen molar-refractivity contribution in [2.75, 3.05) is 39.3 Å². The van der Waals surface area contributed by atoms with Gasteiger partial charge in [0.05, 0.1) is 0 Å². The molecule has 3 fully saturated rings. The van der Waals surface area contributed by atoms with Gasteiger partial charge in [0.15, 0.2) is 0 Å². The van der Waals surface area contributed by atoms with Crippen LogP contribution in [0.2, 0.25) is 0 Å².